The molecule has 0 bridgehead atoms. The van der Waals surface area contributed by atoms with Crippen molar-refractivity contribution in [2.24, 2.45) is 5.92 Å². The Labute approximate surface area is 96.7 Å². The minimum absolute atomic E-state index is 0.172. The molecule has 0 saturated carbocycles. The molecule has 0 aliphatic carbocycles. The van der Waals surface area contributed by atoms with Crippen molar-refractivity contribution in [1.29, 1.82) is 0 Å². The molecule has 0 heterocycles. The van der Waals surface area contributed by atoms with Gasteiger partial charge in [-0.25, -0.2) is 0 Å². The number of carbonyl (C=O) groups is 2. The third-order valence-electron chi connectivity index (χ3n) is 2.40. The summed E-state index contributed by atoms with van der Waals surface area (Å²) in [6.07, 6.45) is 0. The van der Waals surface area contributed by atoms with Crippen LogP contribution < -0.4 is 0 Å². The highest BCUT2D eigenvalue weighted by molar-refractivity contribution is 5.73. The first-order chi connectivity index (χ1) is 7.42. The number of esters is 2. The lowest BCUT2D eigenvalue weighted by Gasteiger charge is -2.27. The molecule has 0 rings (SSSR count). The highest BCUT2D eigenvalue weighted by Crippen LogP contribution is 2.06. The first-order valence-electron chi connectivity index (χ1n) is 5.31. The third-order valence-corrected chi connectivity index (χ3v) is 2.40. The summed E-state index contributed by atoms with van der Waals surface area (Å²) in [4.78, 5) is 24.3. The van der Waals surface area contributed by atoms with Gasteiger partial charge in [0.25, 0.3) is 0 Å². The van der Waals surface area contributed by atoms with Gasteiger partial charge in [0.2, 0.25) is 0 Å². The van der Waals surface area contributed by atoms with E-state index in [4.69, 9.17) is 0 Å². The van der Waals surface area contributed by atoms with E-state index in [0.29, 0.717) is 6.54 Å². The number of carbonyl (C=O) groups excluding carboxylic acids is 2. The lowest BCUT2D eigenvalue weighted by Crippen LogP contribution is -2.40. The van der Waals surface area contributed by atoms with E-state index in [0.717, 1.165) is 0 Å². The molecule has 0 aliphatic heterocycles. The molecule has 0 aromatic carbocycles. The van der Waals surface area contributed by atoms with Crippen molar-refractivity contribution in [3.8, 4) is 0 Å². The molecule has 16 heavy (non-hydrogen) atoms. The van der Waals surface area contributed by atoms with Crippen LogP contribution in [0.25, 0.3) is 0 Å². The molecule has 0 fully saturated rings. The van der Waals surface area contributed by atoms with Crippen molar-refractivity contribution in [2.45, 2.75) is 26.8 Å². The Morgan fingerprint density at radius 1 is 1.12 bits per heavy atom. The van der Waals surface area contributed by atoms with Gasteiger partial charge in [0.05, 0.1) is 26.7 Å². The van der Waals surface area contributed by atoms with Crippen molar-refractivity contribution in [1.82, 2.24) is 4.90 Å². The van der Waals surface area contributed by atoms with Crippen LogP contribution in [-0.4, -0.2) is 50.2 Å². The number of ether oxygens (including phenoxy) is 2. The molecule has 0 aromatic heterocycles. The quantitative estimate of drug-likeness (QED) is 0.629. The molecule has 5 heteroatoms. The predicted molar refractivity (Wildman–Crippen MR) is 59.9 cm³/mol. The molecule has 0 radical (unpaired) electrons. The van der Waals surface area contributed by atoms with E-state index < -0.39 is 0 Å². The zero-order chi connectivity index (χ0) is 12.7. The summed E-state index contributed by atoms with van der Waals surface area (Å²) in [6.45, 7) is 6.38. The Hall–Kier alpha value is -1.10. The highest BCUT2D eigenvalue weighted by Gasteiger charge is 2.21. The van der Waals surface area contributed by atoms with Gasteiger partial charge in [-0.15, -0.1) is 0 Å². The van der Waals surface area contributed by atoms with Crippen LogP contribution in [0.3, 0.4) is 0 Å². The van der Waals surface area contributed by atoms with E-state index >= 15 is 0 Å². The van der Waals surface area contributed by atoms with E-state index in [1.165, 1.54) is 14.2 Å². The highest BCUT2D eigenvalue weighted by atomic mass is 16.5. The Morgan fingerprint density at radius 3 is 2.06 bits per heavy atom. The maximum absolute atomic E-state index is 11.3. The largest absolute Gasteiger partial charge is 0.469 e. The van der Waals surface area contributed by atoms with E-state index in [9.17, 15) is 9.59 Å². The average Bonchev–Trinajstić information content (AvgIpc) is 2.26. The summed E-state index contributed by atoms with van der Waals surface area (Å²) in [7, 11) is 2.71. The molecule has 0 amide bonds. The summed E-state index contributed by atoms with van der Waals surface area (Å²) >= 11 is 0. The summed E-state index contributed by atoms with van der Waals surface area (Å²) in [6, 6.07) is 0.172. The van der Waals surface area contributed by atoms with Crippen LogP contribution in [0.1, 0.15) is 20.8 Å². The number of methoxy groups -OCH3 is 2. The van der Waals surface area contributed by atoms with Crippen molar-refractivity contribution in [3.05, 3.63) is 0 Å². The molecule has 0 aromatic rings. The van der Waals surface area contributed by atoms with Crippen LogP contribution >= 0.6 is 0 Å². The van der Waals surface area contributed by atoms with Crippen LogP contribution in [0.4, 0.5) is 0 Å². The van der Waals surface area contributed by atoms with Crippen molar-refractivity contribution >= 4 is 11.9 Å². The van der Waals surface area contributed by atoms with Crippen LogP contribution in [0.15, 0.2) is 0 Å². The Morgan fingerprint density at radius 2 is 1.69 bits per heavy atom. The van der Waals surface area contributed by atoms with E-state index in [-0.39, 0.29) is 30.4 Å². The van der Waals surface area contributed by atoms with Crippen LogP contribution in [0.5, 0.6) is 0 Å². The molecule has 5 nitrogen and oxygen atoms in total. The fourth-order valence-corrected chi connectivity index (χ4v) is 1.32. The van der Waals surface area contributed by atoms with Gasteiger partial charge in [-0.2, -0.15) is 0 Å². The lowest BCUT2D eigenvalue weighted by atomic mass is 10.1. The van der Waals surface area contributed by atoms with Crippen molar-refractivity contribution in [3.63, 3.8) is 0 Å². The minimum Gasteiger partial charge on any atom is -0.469 e. The van der Waals surface area contributed by atoms with Gasteiger partial charge in [0.15, 0.2) is 0 Å². The fourth-order valence-electron chi connectivity index (χ4n) is 1.32. The molecule has 1 atom stereocenters. The summed E-state index contributed by atoms with van der Waals surface area (Å²) in [5.74, 6) is -0.821. The van der Waals surface area contributed by atoms with E-state index in [1.807, 2.05) is 18.7 Å². The topological polar surface area (TPSA) is 55.8 Å². The summed E-state index contributed by atoms with van der Waals surface area (Å²) < 4.78 is 9.24. The molecule has 0 saturated heterocycles. The molecule has 1 unspecified atom stereocenters. The lowest BCUT2D eigenvalue weighted by molar-refractivity contribution is -0.148. The molecule has 0 aliphatic rings. The third kappa shape index (κ3) is 5.11. The van der Waals surface area contributed by atoms with Crippen LogP contribution in [-0.2, 0) is 19.1 Å². The molecule has 0 spiro atoms. The molecular weight excluding hydrogens is 210 g/mol. The second-order valence-corrected chi connectivity index (χ2v) is 4.02. The zero-order valence-electron chi connectivity index (χ0n) is 10.6. The maximum Gasteiger partial charge on any atom is 0.319 e. The van der Waals surface area contributed by atoms with Crippen molar-refractivity contribution < 1.29 is 19.1 Å². The molecule has 94 valence electrons. The van der Waals surface area contributed by atoms with Gasteiger partial charge in [-0.05, 0) is 13.8 Å². The normalized spacial score (nSPS) is 12.7. The second kappa shape index (κ2) is 7.22. The second-order valence-electron chi connectivity index (χ2n) is 4.02. The zero-order valence-corrected chi connectivity index (χ0v) is 10.6. The van der Waals surface area contributed by atoms with Crippen LogP contribution in [0, 0.1) is 5.92 Å². The smallest absolute Gasteiger partial charge is 0.319 e. The van der Waals surface area contributed by atoms with E-state index in [2.05, 4.69) is 9.47 Å². The molecular formula is C11H21NO4. The number of hydrogen-bond acceptors (Lipinski definition) is 5. The first-order valence-corrected chi connectivity index (χ1v) is 5.31. The van der Waals surface area contributed by atoms with Gasteiger partial charge in [0.1, 0.15) is 0 Å². The predicted octanol–water partition coefficient (Wildman–Crippen LogP) is 0.679. The van der Waals surface area contributed by atoms with Crippen LogP contribution in [0.2, 0.25) is 0 Å². The first kappa shape index (κ1) is 14.9. The SMILES string of the molecule is COC(=O)CN(CC(C)C(=O)OC)C(C)C. The van der Waals surface area contributed by atoms with Gasteiger partial charge in [0, 0.05) is 12.6 Å². The van der Waals surface area contributed by atoms with E-state index in [1.54, 1.807) is 6.92 Å². The van der Waals surface area contributed by atoms with Gasteiger partial charge < -0.3 is 9.47 Å². The molecule has 0 N–H and O–H groups in total. The fraction of sp³-hybridized carbons (Fsp3) is 0.818. The Kier molecular flexibility index (Phi) is 6.72. The maximum atomic E-state index is 11.3. The summed E-state index contributed by atoms with van der Waals surface area (Å²) in [5.41, 5.74) is 0. The Balaban J connectivity index is 4.33. The number of rotatable bonds is 6. The number of nitrogens with zero attached hydrogens (tertiary/aromatic N) is 1. The van der Waals surface area contributed by atoms with Gasteiger partial charge >= 0.3 is 11.9 Å². The van der Waals surface area contributed by atoms with Gasteiger partial charge in [-0.3, -0.25) is 14.5 Å². The average molecular weight is 231 g/mol. The Bertz CT molecular complexity index is 240. The monoisotopic (exact) mass is 231 g/mol. The minimum atomic E-state index is -0.300. The van der Waals surface area contributed by atoms with Gasteiger partial charge in [-0.1, -0.05) is 6.92 Å². The standard InChI is InChI=1S/C11H21NO4/c1-8(2)12(7-10(13)15-4)6-9(3)11(14)16-5/h8-9H,6-7H2,1-5H3. The van der Waals surface area contributed by atoms with Crippen molar-refractivity contribution in [2.75, 3.05) is 27.3 Å². The number of hydrogen-bond donors (Lipinski definition) is 0. The summed E-state index contributed by atoms with van der Waals surface area (Å²) in [5, 5.41) is 0.